The summed E-state index contributed by atoms with van der Waals surface area (Å²) >= 11 is 0. The van der Waals surface area contributed by atoms with Crippen LogP contribution in [0.4, 0.5) is 5.69 Å². The molecule has 2 rings (SSSR count). The van der Waals surface area contributed by atoms with Gasteiger partial charge in [0.2, 0.25) is 5.78 Å². The van der Waals surface area contributed by atoms with Crippen molar-refractivity contribution in [3.8, 4) is 5.75 Å². The average molecular weight is 371 g/mol. The first-order chi connectivity index (χ1) is 13.0. The molecule has 0 bridgehead atoms. The SMILES string of the molecule is CCc1ccc(CC)c(C(=O)COC(=O)COc2ccccc2[N+](=O)[O-])c1. The number of rotatable bonds is 9. The molecule has 0 saturated carbocycles. The largest absolute Gasteiger partial charge is 0.475 e. The second-order valence-electron chi connectivity index (χ2n) is 5.80. The van der Waals surface area contributed by atoms with Crippen LogP contribution in [0.15, 0.2) is 42.5 Å². The molecule has 0 fully saturated rings. The average Bonchev–Trinajstić information content (AvgIpc) is 2.69. The van der Waals surface area contributed by atoms with Gasteiger partial charge in [0.05, 0.1) is 4.92 Å². The summed E-state index contributed by atoms with van der Waals surface area (Å²) in [4.78, 5) is 34.6. The van der Waals surface area contributed by atoms with Crippen LogP contribution in [0.2, 0.25) is 0 Å². The minimum absolute atomic E-state index is 0.0327. The number of para-hydroxylation sites is 2. The molecule has 0 radical (unpaired) electrons. The van der Waals surface area contributed by atoms with E-state index in [9.17, 15) is 19.7 Å². The Hall–Kier alpha value is -3.22. The molecule has 0 amide bonds. The Kier molecular flexibility index (Phi) is 7.05. The van der Waals surface area contributed by atoms with E-state index in [1.165, 1.54) is 18.2 Å². The molecule has 142 valence electrons. The Morgan fingerprint density at radius 1 is 1.04 bits per heavy atom. The van der Waals surface area contributed by atoms with E-state index in [1.54, 1.807) is 6.07 Å². The molecule has 0 atom stereocenters. The predicted molar refractivity (Wildman–Crippen MR) is 99.1 cm³/mol. The third kappa shape index (κ3) is 5.37. The van der Waals surface area contributed by atoms with Crippen LogP contribution >= 0.6 is 0 Å². The first-order valence-corrected chi connectivity index (χ1v) is 8.63. The fourth-order valence-electron chi connectivity index (χ4n) is 2.54. The molecule has 0 aliphatic carbocycles. The highest BCUT2D eigenvalue weighted by Crippen LogP contribution is 2.25. The molecule has 0 heterocycles. The van der Waals surface area contributed by atoms with E-state index in [0.717, 1.165) is 17.5 Å². The summed E-state index contributed by atoms with van der Waals surface area (Å²) in [5.74, 6) is -1.10. The zero-order chi connectivity index (χ0) is 19.8. The van der Waals surface area contributed by atoms with E-state index in [0.29, 0.717) is 12.0 Å². The van der Waals surface area contributed by atoms with Crippen molar-refractivity contribution in [3.05, 3.63) is 69.3 Å². The fraction of sp³-hybridized carbons (Fsp3) is 0.300. The van der Waals surface area contributed by atoms with Gasteiger partial charge in [-0.15, -0.1) is 0 Å². The van der Waals surface area contributed by atoms with Gasteiger partial charge in [-0.2, -0.15) is 0 Å². The number of nitro benzene ring substituents is 1. The number of nitrogens with zero attached hydrogens (tertiary/aromatic N) is 1. The van der Waals surface area contributed by atoms with Crippen LogP contribution in [0.3, 0.4) is 0 Å². The maximum atomic E-state index is 12.4. The third-order valence-electron chi connectivity index (χ3n) is 4.04. The number of ketones is 1. The standard InChI is InChI=1S/C20H21NO6/c1-3-14-9-10-15(4-2)16(11-14)18(22)12-27-20(23)13-26-19-8-6-5-7-17(19)21(24)25/h5-11H,3-4,12-13H2,1-2H3. The summed E-state index contributed by atoms with van der Waals surface area (Å²) < 4.78 is 10.1. The molecule has 2 aromatic rings. The zero-order valence-corrected chi connectivity index (χ0v) is 15.3. The maximum Gasteiger partial charge on any atom is 0.344 e. The molecule has 0 aromatic heterocycles. The lowest BCUT2D eigenvalue weighted by molar-refractivity contribution is -0.385. The van der Waals surface area contributed by atoms with Gasteiger partial charge in [-0.3, -0.25) is 14.9 Å². The van der Waals surface area contributed by atoms with E-state index in [4.69, 9.17) is 9.47 Å². The van der Waals surface area contributed by atoms with E-state index in [-0.39, 0.29) is 17.2 Å². The van der Waals surface area contributed by atoms with Gasteiger partial charge in [0.25, 0.3) is 0 Å². The Balaban J connectivity index is 1.94. The highest BCUT2D eigenvalue weighted by atomic mass is 16.6. The number of nitro groups is 1. The number of Topliss-reactive ketones (excluding diaryl/α,β-unsaturated/α-hetero) is 1. The number of hydrogen-bond donors (Lipinski definition) is 0. The molecular formula is C20H21NO6. The van der Waals surface area contributed by atoms with Crippen molar-refractivity contribution < 1.29 is 24.0 Å². The normalized spacial score (nSPS) is 10.3. The van der Waals surface area contributed by atoms with Crippen molar-refractivity contribution >= 4 is 17.4 Å². The number of benzene rings is 2. The lowest BCUT2D eigenvalue weighted by Gasteiger charge is -2.10. The van der Waals surface area contributed by atoms with E-state index >= 15 is 0 Å². The molecule has 0 N–H and O–H groups in total. The highest BCUT2D eigenvalue weighted by Gasteiger charge is 2.17. The molecule has 27 heavy (non-hydrogen) atoms. The molecule has 0 saturated heterocycles. The lowest BCUT2D eigenvalue weighted by Crippen LogP contribution is -2.20. The molecule has 7 heteroatoms. The number of hydrogen-bond acceptors (Lipinski definition) is 6. The number of aryl methyl sites for hydroxylation is 2. The van der Waals surface area contributed by atoms with Gasteiger partial charge in [-0.25, -0.2) is 4.79 Å². The molecule has 0 unspecified atom stereocenters. The van der Waals surface area contributed by atoms with Crippen LogP contribution in [0.1, 0.15) is 35.3 Å². The third-order valence-corrected chi connectivity index (χ3v) is 4.04. The molecule has 2 aromatic carbocycles. The molecule has 0 aliphatic rings. The van der Waals surface area contributed by atoms with Crippen LogP contribution in [-0.2, 0) is 22.4 Å². The van der Waals surface area contributed by atoms with E-state index < -0.39 is 24.1 Å². The highest BCUT2D eigenvalue weighted by molar-refractivity contribution is 5.99. The van der Waals surface area contributed by atoms with Crippen LogP contribution in [0, 0.1) is 10.1 Å². The van der Waals surface area contributed by atoms with Crippen LogP contribution in [-0.4, -0.2) is 29.9 Å². The summed E-state index contributed by atoms with van der Waals surface area (Å²) in [6, 6.07) is 11.4. The Bertz CT molecular complexity index is 846. The van der Waals surface area contributed by atoms with Gasteiger partial charge < -0.3 is 9.47 Å². The van der Waals surface area contributed by atoms with Gasteiger partial charge >= 0.3 is 11.7 Å². The van der Waals surface area contributed by atoms with Crippen molar-refractivity contribution in [2.45, 2.75) is 26.7 Å². The number of esters is 1. The van der Waals surface area contributed by atoms with Crippen molar-refractivity contribution in [1.29, 1.82) is 0 Å². The summed E-state index contributed by atoms with van der Waals surface area (Å²) in [5, 5.41) is 10.9. The van der Waals surface area contributed by atoms with E-state index in [1.807, 2.05) is 32.0 Å². The van der Waals surface area contributed by atoms with Crippen molar-refractivity contribution in [3.63, 3.8) is 0 Å². The van der Waals surface area contributed by atoms with Gasteiger partial charge in [-0.1, -0.05) is 38.1 Å². The first kappa shape index (κ1) is 20.1. The molecular weight excluding hydrogens is 350 g/mol. The summed E-state index contributed by atoms with van der Waals surface area (Å²) in [6.07, 6.45) is 1.49. The Labute approximate surface area is 157 Å². The Morgan fingerprint density at radius 2 is 1.78 bits per heavy atom. The van der Waals surface area contributed by atoms with Crippen LogP contribution < -0.4 is 4.74 Å². The number of carbonyl (C=O) groups is 2. The topological polar surface area (TPSA) is 95.7 Å². The molecule has 0 spiro atoms. The van der Waals surface area contributed by atoms with Crippen molar-refractivity contribution in [1.82, 2.24) is 0 Å². The zero-order valence-electron chi connectivity index (χ0n) is 15.3. The van der Waals surface area contributed by atoms with Crippen molar-refractivity contribution in [2.75, 3.05) is 13.2 Å². The second-order valence-corrected chi connectivity index (χ2v) is 5.80. The maximum absolute atomic E-state index is 12.4. The van der Waals surface area contributed by atoms with E-state index in [2.05, 4.69) is 0 Å². The first-order valence-electron chi connectivity index (χ1n) is 8.63. The van der Waals surface area contributed by atoms with Crippen LogP contribution in [0.25, 0.3) is 0 Å². The predicted octanol–water partition coefficient (Wildman–Crippen LogP) is 3.52. The molecule has 0 aliphatic heterocycles. The second kappa shape index (κ2) is 9.47. The summed E-state index contributed by atoms with van der Waals surface area (Å²) in [6.45, 7) is 3.02. The van der Waals surface area contributed by atoms with Crippen LogP contribution in [0.5, 0.6) is 5.75 Å². The number of ether oxygens (including phenoxy) is 2. The van der Waals surface area contributed by atoms with Gasteiger partial charge in [0, 0.05) is 11.6 Å². The van der Waals surface area contributed by atoms with Gasteiger partial charge in [0.1, 0.15) is 0 Å². The van der Waals surface area contributed by atoms with Gasteiger partial charge in [-0.05, 0) is 36.1 Å². The Morgan fingerprint density at radius 3 is 2.44 bits per heavy atom. The van der Waals surface area contributed by atoms with Crippen molar-refractivity contribution in [2.24, 2.45) is 0 Å². The van der Waals surface area contributed by atoms with Gasteiger partial charge in [0.15, 0.2) is 19.0 Å². The summed E-state index contributed by atoms with van der Waals surface area (Å²) in [5.41, 5.74) is 2.22. The smallest absolute Gasteiger partial charge is 0.344 e. The minimum atomic E-state index is -0.772. The lowest BCUT2D eigenvalue weighted by atomic mass is 9.98. The number of carbonyl (C=O) groups excluding carboxylic acids is 2. The summed E-state index contributed by atoms with van der Waals surface area (Å²) in [7, 11) is 0. The monoisotopic (exact) mass is 371 g/mol. The fourth-order valence-corrected chi connectivity index (χ4v) is 2.54. The quantitative estimate of drug-likeness (QED) is 0.290. The minimum Gasteiger partial charge on any atom is -0.475 e. The molecule has 7 nitrogen and oxygen atoms in total.